The first-order chi connectivity index (χ1) is 19.6. The molecular weight excluding hydrogens is 549 g/mol. The van der Waals surface area contributed by atoms with Crippen molar-refractivity contribution in [3.05, 3.63) is 102 Å². The molecular formula is C34H44O5SSi. The third-order valence-electron chi connectivity index (χ3n) is 7.88. The SMILES string of the molecule is CC(C)(C)[Si]1(C(C)(C)C)OCC2O[C@H](Sc3ccccc3)C(OCc3ccccc3)C(O1)[C@@H]2OCc1ccccc1. The molecule has 0 N–H and O–H groups in total. The van der Waals surface area contributed by atoms with Crippen molar-refractivity contribution in [2.24, 2.45) is 0 Å². The fourth-order valence-electron chi connectivity index (χ4n) is 6.12. The van der Waals surface area contributed by atoms with E-state index in [1.807, 2.05) is 42.5 Å². The van der Waals surface area contributed by atoms with Gasteiger partial charge in [-0.25, -0.2) is 0 Å². The number of hydrogen-bond acceptors (Lipinski definition) is 6. The number of benzene rings is 3. The van der Waals surface area contributed by atoms with Gasteiger partial charge < -0.3 is 23.1 Å². The van der Waals surface area contributed by atoms with E-state index in [9.17, 15) is 0 Å². The van der Waals surface area contributed by atoms with E-state index < -0.39 is 8.56 Å². The zero-order chi connectivity index (χ0) is 29.1. The van der Waals surface area contributed by atoms with Crippen molar-refractivity contribution in [2.45, 2.75) is 99.6 Å². The summed E-state index contributed by atoms with van der Waals surface area (Å²) in [6.45, 7) is 14.8. The van der Waals surface area contributed by atoms with Gasteiger partial charge >= 0.3 is 8.56 Å². The minimum atomic E-state index is -2.89. The van der Waals surface area contributed by atoms with Crippen LogP contribution in [-0.2, 0) is 36.3 Å². The van der Waals surface area contributed by atoms with Gasteiger partial charge in [0, 0.05) is 15.0 Å². The zero-order valence-corrected chi connectivity index (χ0v) is 26.9. The predicted octanol–water partition coefficient (Wildman–Crippen LogP) is 8.13. The molecule has 0 saturated carbocycles. The van der Waals surface area contributed by atoms with Gasteiger partial charge in [0.1, 0.15) is 29.9 Å². The van der Waals surface area contributed by atoms with E-state index in [1.165, 1.54) is 0 Å². The van der Waals surface area contributed by atoms with Gasteiger partial charge in [-0.15, -0.1) is 0 Å². The van der Waals surface area contributed by atoms with Gasteiger partial charge in [0.15, 0.2) is 0 Å². The van der Waals surface area contributed by atoms with Crippen molar-refractivity contribution in [3.63, 3.8) is 0 Å². The van der Waals surface area contributed by atoms with Crippen LogP contribution in [0.5, 0.6) is 0 Å². The summed E-state index contributed by atoms with van der Waals surface area (Å²) in [7, 11) is -2.89. The van der Waals surface area contributed by atoms with Crippen molar-refractivity contribution >= 4 is 20.3 Å². The smallest absolute Gasteiger partial charge is 0.349 e. The van der Waals surface area contributed by atoms with Crippen molar-refractivity contribution in [1.29, 1.82) is 0 Å². The summed E-state index contributed by atoms with van der Waals surface area (Å²) in [5.41, 5.74) is 1.93. The van der Waals surface area contributed by atoms with Crippen LogP contribution in [-0.4, -0.2) is 45.0 Å². The Labute approximate surface area is 251 Å². The standard InChI is InChI=1S/C34H44O5SSi/c1-33(2,3)41(34(4,5)6)37-24-28-29(35-22-25-16-10-7-11-17-25)30(39-41)31(36-23-26-18-12-8-13-19-26)32(38-28)40-27-20-14-9-15-21-27/h7-21,28-32H,22-24H2,1-6H3/t28?,29-,30?,31?,32-/m1/s1. The molecule has 7 heteroatoms. The third kappa shape index (κ3) is 6.83. The molecule has 41 heavy (non-hydrogen) atoms. The normalized spacial score (nSPS) is 26.3. The minimum Gasteiger partial charge on any atom is -0.391 e. The van der Waals surface area contributed by atoms with Gasteiger partial charge in [-0.3, -0.25) is 0 Å². The second-order valence-corrected chi connectivity index (χ2v) is 18.9. The molecule has 220 valence electrons. The highest BCUT2D eigenvalue weighted by Gasteiger charge is 2.64. The lowest BCUT2D eigenvalue weighted by Gasteiger charge is -2.51. The van der Waals surface area contributed by atoms with Gasteiger partial charge in [0.05, 0.1) is 19.8 Å². The lowest BCUT2D eigenvalue weighted by Crippen LogP contribution is -2.63. The Hall–Kier alpha value is -1.97. The lowest BCUT2D eigenvalue weighted by atomic mass is 9.99. The summed E-state index contributed by atoms with van der Waals surface area (Å²) in [6.07, 6.45) is -1.38. The molecule has 0 amide bonds. The Kier molecular flexibility index (Phi) is 9.46. The molecule has 5 nitrogen and oxygen atoms in total. The molecule has 5 rings (SSSR count). The van der Waals surface area contributed by atoms with Crippen LogP contribution in [0.4, 0.5) is 0 Å². The van der Waals surface area contributed by atoms with Crippen molar-refractivity contribution < 1.29 is 23.1 Å². The number of hydrogen-bond donors (Lipinski definition) is 0. The van der Waals surface area contributed by atoms with E-state index in [2.05, 4.69) is 90.1 Å². The van der Waals surface area contributed by atoms with Crippen LogP contribution >= 0.6 is 11.8 Å². The number of ether oxygens (including phenoxy) is 3. The summed E-state index contributed by atoms with van der Waals surface area (Å²) in [5.74, 6) is 0. The highest BCUT2D eigenvalue weighted by atomic mass is 32.2. The Bertz CT molecular complexity index is 1210. The average Bonchev–Trinajstić information content (AvgIpc) is 3.07. The maximum absolute atomic E-state index is 7.44. The minimum absolute atomic E-state index is 0.196. The molecule has 0 aromatic heterocycles. The summed E-state index contributed by atoms with van der Waals surface area (Å²) in [6, 6.07) is 31.0. The molecule has 0 aliphatic carbocycles. The van der Waals surface area contributed by atoms with Crippen LogP contribution < -0.4 is 0 Å². The van der Waals surface area contributed by atoms with Gasteiger partial charge in [-0.1, -0.05) is 132 Å². The predicted molar refractivity (Wildman–Crippen MR) is 167 cm³/mol. The topological polar surface area (TPSA) is 46.2 Å². The molecule has 3 aromatic carbocycles. The van der Waals surface area contributed by atoms with Gasteiger partial charge in [-0.2, -0.15) is 0 Å². The Morgan fingerprint density at radius 2 is 1.20 bits per heavy atom. The average molecular weight is 593 g/mol. The lowest BCUT2D eigenvalue weighted by molar-refractivity contribution is -0.221. The Morgan fingerprint density at radius 1 is 0.707 bits per heavy atom. The monoisotopic (exact) mass is 592 g/mol. The van der Waals surface area contributed by atoms with Crippen molar-refractivity contribution in [3.8, 4) is 0 Å². The fourth-order valence-corrected chi connectivity index (χ4v) is 12.2. The fraction of sp³-hybridized carbons (Fsp3) is 0.471. The van der Waals surface area contributed by atoms with Crippen LogP contribution in [0.15, 0.2) is 95.9 Å². The van der Waals surface area contributed by atoms with Crippen LogP contribution in [0.3, 0.4) is 0 Å². The first kappa shape index (κ1) is 30.5. The molecule has 2 fully saturated rings. The summed E-state index contributed by atoms with van der Waals surface area (Å²) < 4.78 is 34.8. The molecule has 2 saturated heterocycles. The quantitative estimate of drug-likeness (QED) is 0.246. The van der Waals surface area contributed by atoms with Crippen LogP contribution in [0.25, 0.3) is 0 Å². The Balaban J connectivity index is 1.54. The highest BCUT2D eigenvalue weighted by molar-refractivity contribution is 7.99. The number of rotatable bonds is 8. The largest absolute Gasteiger partial charge is 0.391 e. The number of thioether (sulfide) groups is 1. The molecule has 0 radical (unpaired) electrons. The van der Waals surface area contributed by atoms with E-state index in [1.54, 1.807) is 11.8 Å². The van der Waals surface area contributed by atoms with E-state index in [4.69, 9.17) is 23.1 Å². The summed E-state index contributed by atoms with van der Waals surface area (Å²) in [4.78, 5) is 1.13. The van der Waals surface area contributed by atoms with Crippen LogP contribution in [0.1, 0.15) is 52.7 Å². The van der Waals surface area contributed by atoms with Gasteiger partial charge in [-0.05, 0) is 23.3 Å². The molecule has 2 heterocycles. The molecule has 3 aromatic rings. The molecule has 2 bridgehead atoms. The van der Waals surface area contributed by atoms with Crippen molar-refractivity contribution in [1.82, 2.24) is 0 Å². The van der Waals surface area contributed by atoms with Gasteiger partial charge in [0.25, 0.3) is 0 Å². The second-order valence-electron chi connectivity index (χ2n) is 13.0. The maximum atomic E-state index is 7.44. The van der Waals surface area contributed by atoms with E-state index in [-0.39, 0.29) is 39.9 Å². The van der Waals surface area contributed by atoms with E-state index in [0.717, 1.165) is 16.0 Å². The molecule has 3 unspecified atom stereocenters. The first-order valence-electron chi connectivity index (χ1n) is 14.6. The van der Waals surface area contributed by atoms with E-state index in [0.29, 0.717) is 19.8 Å². The second kappa shape index (κ2) is 12.7. The molecule has 0 spiro atoms. The Morgan fingerprint density at radius 3 is 1.71 bits per heavy atom. The van der Waals surface area contributed by atoms with Crippen LogP contribution in [0.2, 0.25) is 10.1 Å². The molecule has 2 aliphatic rings. The summed E-state index contributed by atoms with van der Waals surface area (Å²) in [5, 5.41) is -0.391. The molecule has 2 aliphatic heterocycles. The zero-order valence-electron chi connectivity index (χ0n) is 25.1. The van der Waals surface area contributed by atoms with Crippen LogP contribution in [0, 0.1) is 0 Å². The molecule has 5 atom stereocenters. The third-order valence-corrected chi connectivity index (χ3v) is 14.2. The van der Waals surface area contributed by atoms with E-state index >= 15 is 0 Å². The highest BCUT2D eigenvalue weighted by Crippen LogP contribution is 2.55. The van der Waals surface area contributed by atoms with Gasteiger partial charge in [0.2, 0.25) is 0 Å². The number of fused-ring (bicyclic) bond motifs is 2. The first-order valence-corrected chi connectivity index (χ1v) is 17.3. The van der Waals surface area contributed by atoms with Crippen molar-refractivity contribution in [2.75, 3.05) is 6.61 Å². The summed E-state index contributed by atoms with van der Waals surface area (Å²) >= 11 is 1.68. The maximum Gasteiger partial charge on any atom is 0.349 e.